The molecule has 2 aromatic carbocycles. The van der Waals surface area contributed by atoms with E-state index in [-0.39, 0.29) is 23.3 Å². The van der Waals surface area contributed by atoms with E-state index < -0.39 is 52.3 Å². The highest BCUT2D eigenvalue weighted by Gasteiger charge is 2.61. The number of nitrogens with zero attached hydrogens (tertiary/aromatic N) is 1. The summed E-state index contributed by atoms with van der Waals surface area (Å²) in [4.78, 5) is 40.8. The van der Waals surface area contributed by atoms with Crippen molar-refractivity contribution in [3.05, 3.63) is 76.1 Å². The van der Waals surface area contributed by atoms with E-state index in [2.05, 4.69) is 0 Å². The van der Waals surface area contributed by atoms with Crippen LogP contribution in [0.1, 0.15) is 27.9 Å². The van der Waals surface area contributed by atoms with Crippen molar-refractivity contribution in [3.63, 3.8) is 0 Å². The summed E-state index contributed by atoms with van der Waals surface area (Å²) >= 11 is 0. The van der Waals surface area contributed by atoms with Crippen molar-refractivity contribution in [2.75, 3.05) is 14.1 Å². The average molecular weight is 504 g/mol. The SMILES string of the molecule is CN(C)[C@@H]1C=C(C(N)=O)C(=O)[C@@]2(O)C(O)=C3C(=O)c4c(O)ccc(-c5ccc(CN)cc5)c4C[C@H]3C[C@@H]12. The number of aromatic hydroxyl groups is 1. The van der Waals surface area contributed by atoms with Gasteiger partial charge in [0.2, 0.25) is 5.78 Å². The zero-order valence-corrected chi connectivity index (χ0v) is 20.6. The molecule has 0 bridgehead atoms. The molecule has 0 fully saturated rings. The summed E-state index contributed by atoms with van der Waals surface area (Å²) in [6.45, 7) is 0.393. The third kappa shape index (κ3) is 3.53. The summed E-state index contributed by atoms with van der Waals surface area (Å²) in [6.07, 6.45) is 1.92. The number of aliphatic hydroxyl groups excluding tert-OH is 1. The number of hydrogen-bond donors (Lipinski definition) is 5. The summed E-state index contributed by atoms with van der Waals surface area (Å²) in [7, 11) is 3.46. The number of amides is 1. The average Bonchev–Trinajstić information content (AvgIpc) is 2.86. The van der Waals surface area contributed by atoms with Crippen molar-refractivity contribution < 1.29 is 29.7 Å². The second-order valence-electron chi connectivity index (χ2n) is 10.2. The lowest BCUT2D eigenvalue weighted by molar-refractivity contribution is -0.146. The molecule has 0 saturated heterocycles. The molecule has 192 valence electrons. The molecule has 9 nitrogen and oxygen atoms in total. The first kappa shape index (κ1) is 24.9. The number of nitrogens with two attached hydrogens (primary N) is 2. The molecule has 9 heteroatoms. The Morgan fingerprint density at radius 1 is 1.11 bits per heavy atom. The fourth-order valence-electron chi connectivity index (χ4n) is 6.15. The fraction of sp³-hybridized carbons (Fsp3) is 0.321. The van der Waals surface area contributed by atoms with E-state index in [0.29, 0.717) is 18.5 Å². The number of fused-ring (bicyclic) bond motifs is 3. The maximum atomic E-state index is 13.8. The van der Waals surface area contributed by atoms with Gasteiger partial charge in [-0.1, -0.05) is 36.4 Å². The molecule has 0 saturated carbocycles. The van der Waals surface area contributed by atoms with Gasteiger partial charge in [-0.2, -0.15) is 0 Å². The number of benzene rings is 2. The maximum Gasteiger partial charge on any atom is 0.252 e. The molecule has 37 heavy (non-hydrogen) atoms. The van der Waals surface area contributed by atoms with E-state index in [9.17, 15) is 29.7 Å². The van der Waals surface area contributed by atoms with E-state index in [4.69, 9.17) is 11.5 Å². The first-order valence-corrected chi connectivity index (χ1v) is 12.1. The molecule has 5 rings (SSSR count). The van der Waals surface area contributed by atoms with Crippen molar-refractivity contribution in [1.82, 2.24) is 4.90 Å². The number of Topliss-reactive ketones (excluding diaryl/α,β-unsaturated/α-hetero) is 2. The quantitative estimate of drug-likeness (QED) is 0.390. The molecule has 0 heterocycles. The molecule has 0 unspecified atom stereocenters. The van der Waals surface area contributed by atoms with Crippen LogP contribution in [0.25, 0.3) is 11.1 Å². The van der Waals surface area contributed by atoms with Crippen LogP contribution in [0.15, 0.2) is 59.4 Å². The first-order chi connectivity index (χ1) is 17.5. The van der Waals surface area contributed by atoms with Crippen LogP contribution in [0, 0.1) is 11.8 Å². The third-order valence-corrected chi connectivity index (χ3v) is 8.02. The zero-order valence-electron chi connectivity index (χ0n) is 20.6. The molecule has 0 radical (unpaired) electrons. The molecule has 3 aliphatic carbocycles. The van der Waals surface area contributed by atoms with Crippen LogP contribution < -0.4 is 11.5 Å². The smallest absolute Gasteiger partial charge is 0.252 e. The number of likely N-dealkylation sites (N-methyl/N-ethyl adjacent to an activating group) is 1. The summed E-state index contributed by atoms with van der Waals surface area (Å²) in [6, 6.07) is 10.2. The lowest BCUT2D eigenvalue weighted by Crippen LogP contribution is -2.62. The summed E-state index contributed by atoms with van der Waals surface area (Å²) in [5.74, 6) is -5.08. The number of hydrogen-bond acceptors (Lipinski definition) is 8. The lowest BCUT2D eigenvalue weighted by Gasteiger charge is -2.49. The Labute approximate surface area is 213 Å². The van der Waals surface area contributed by atoms with Crippen molar-refractivity contribution in [2.24, 2.45) is 23.3 Å². The largest absolute Gasteiger partial charge is 0.508 e. The van der Waals surface area contributed by atoms with Gasteiger partial charge in [-0.05, 0) is 61.2 Å². The number of phenolic OH excluding ortho intramolecular Hbond substituents is 1. The molecule has 0 aromatic heterocycles. The van der Waals surface area contributed by atoms with Crippen LogP contribution in [-0.4, -0.2) is 63.4 Å². The number of phenols is 1. The predicted molar refractivity (Wildman–Crippen MR) is 135 cm³/mol. The normalized spacial score (nSPS) is 26.9. The molecule has 7 N–H and O–H groups in total. The van der Waals surface area contributed by atoms with Crippen LogP contribution in [0.3, 0.4) is 0 Å². The predicted octanol–water partition coefficient (Wildman–Crippen LogP) is 1.36. The zero-order chi connectivity index (χ0) is 26.8. The van der Waals surface area contributed by atoms with Crippen molar-refractivity contribution in [1.29, 1.82) is 0 Å². The summed E-state index contributed by atoms with van der Waals surface area (Å²) in [5, 5.41) is 33.7. The monoisotopic (exact) mass is 503 g/mol. The van der Waals surface area contributed by atoms with Crippen LogP contribution in [-0.2, 0) is 22.6 Å². The Morgan fingerprint density at radius 3 is 2.38 bits per heavy atom. The molecule has 4 atom stereocenters. The minimum Gasteiger partial charge on any atom is -0.508 e. The van der Waals surface area contributed by atoms with Gasteiger partial charge in [-0.3, -0.25) is 14.4 Å². The van der Waals surface area contributed by atoms with Crippen molar-refractivity contribution in [3.8, 4) is 16.9 Å². The summed E-state index contributed by atoms with van der Waals surface area (Å²) < 4.78 is 0. The topological polar surface area (TPSA) is 167 Å². The van der Waals surface area contributed by atoms with Crippen molar-refractivity contribution >= 4 is 17.5 Å². The van der Waals surface area contributed by atoms with E-state index in [1.165, 1.54) is 12.1 Å². The first-order valence-electron chi connectivity index (χ1n) is 12.1. The molecule has 3 aliphatic rings. The molecule has 0 aliphatic heterocycles. The summed E-state index contributed by atoms with van der Waals surface area (Å²) in [5.41, 5.74) is 11.3. The van der Waals surface area contributed by atoms with Gasteiger partial charge in [0.05, 0.1) is 11.1 Å². The minimum atomic E-state index is -2.49. The number of carbonyl (C=O) groups excluding carboxylic acids is 3. The Kier molecular flexibility index (Phi) is 5.82. The van der Waals surface area contributed by atoms with Gasteiger partial charge in [0.1, 0.15) is 11.5 Å². The van der Waals surface area contributed by atoms with Crippen LogP contribution in [0.5, 0.6) is 5.75 Å². The van der Waals surface area contributed by atoms with Gasteiger partial charge in [0.25, 0.3) is 5.91 Å². The van der Waals surface area contributed by atoms with Gasteiger partial charge in [0.15, 0.2) is 11.4 Å². The Balaban J connectivity index is 1.69. The lowest BCUT2D eigenvalue weighted by atomic mass is 9.59. The highest BCUT2D eigenvalue weighted by atomic mass is 16.3. The third-order valence-electron chi connectivity index (χ3n) is 8.02. The number of allylic oxidation sites excluding steroid dienone is 1. The minimum absolute atomic E-state index is 0.0262. The highest BCUT2D eigenvalue weighted by molar-refractivity contribution is 6.24. The van der Waals surface area contributed by atoms with Gasteiger partial charge in [-0.25, -0.2) is 0 Å². The number of rotatable bonds is 4. The second-order valence-corrected chi connectivity index (χ2v) is 10.2. The van der Waals surface area contributed by atoms with Crippen molar-refractivity contribution in [2.45, 2.75) is 31.0 Å². The number of primary amides is 1. The number of ketones is 2. The molecule has 1 amide bonds. The van der Waals surface area contributed by atoms with Crippen LogP contribution in [0.2, 0.25) is 0 Å². The number of aliphatic hydroxyl groups is 2. The molecular weight excluding hydrogens is 474 g/mol. The molecule has 0 spiro atoms. The van der Waals surface area contributed by atoms with E-state index in [1.54, 1.807) is 25.1 Å². The highest BCUT2D eigenvalue weighted by Crippen LogP contribution is 2.52. The van der Waals surface area contributed by atoms with E-state index in [0.717, 1.165) is 16.7 Å². The van der Waals surface area contributed by atoms with Crippen LogP contribution in [0.4, 0.5) is 0 Å². The van der Waals surface area contributed by atoms with E-state index in [1.807, 2.05) is 24.3 Å². The van der Waals surface area contributed by atoms with Gasteiger partial charge in [-0.15, -0.1) is 0 Å². The maximum absolute atomic E-state index is 13.8. The molecule has 2 aromatic rings. The number of carbonyl (C=O) groups is 3. The standard InChI is InChI=1S/C28H29N3O6/c1-31(2)20-11-18(27(30)36)25(34)28(37)19(20)10-15-9-17-16(14-5-3-13(12-29)4-6-14)7-8-21(32)23(17)24(33)22(15)26(28)35/h3-8,11,15,19-20,32,35,37H,9-10,12,29H2,1-2H3,(H2,30,36)/t15-,19-,20+,28+/m0/s1. The second kappa shape index (κ2) is 8.65. The Morgan fingerprint density at radius 2 is 1.78 bits per heavy atom. The van der Waals surface area contributed by atoms with E-state index >= 15 is 0 Å². The molecular formula is C28H29N3O6. The van der Waals surface area contributed by atoms with Gasteiger partial charge in [0, 0.05) is 24.1 Å². The van der Waals surface area contributed by atoms with Crippen LogP contribution >= 0.6 is 0 Å². The van der Waals surface area contributed by atoms with Gasteiger partial charge < -0.3 is 31.7 Å². The van der Waals surface area contributed by atoms with Gasteiger partial charge >= 0.3 is 0 Å². The Bertz CT molecular complexity index is 1410. The Hall–Kier alpha value is -3.79. The fourth-order valence-corrected chi connectivity index (χ4v) is 6.15.